The molecule has 0 aliphatic rings. The number of nitrogens with two attached hydrogens (primary N) is 1. The molecule has 2 aromatic carbocycles. The molecule has 0 unspecified atom stereocenters. The van der Waals surface area contributed by atoms with Gasteiger partial charge in [0.15, 0.2) is 0 Å². The zero-order valence-corrected chi connectivity index (χ0v) is 10.8. The molecule has 0 saturated carbocycles. The lowest BCUT2D eigenvalue weighted by molar-refractivity contribution is 0.0697. The van der Waals surface area contributed by atoms with Crippen molar-refractivity contribution in [3.05, 3.63) is 58.9 Å². The number of hydrogen-bond donors (Lipinski definition) is 2. The number of nitriles is 1. The number of benzene rings is 2. The van der Waals surface area contributed by atoms with E-state index in [0.717, 1.165) is 0 Å². The van der Waals surface area contributed by atoms with E-state index in [9.17, 15) is 9.18 Å². The number of nitrogen functional groups attached to an aromatic ring is 1. The zero-order valence-electron chi connectivity index (χ0n) is 10.8. The highest BCUT2D eigenvalue weighted by Crippen LogP contribution is 2.21. The van der Waals surface area contributed by atoms with Gasteiger partial charge in [0.25, 0.3) is 0 Å². The van der Waals surface area contributed by atoms with Crippen molar-refractivity contribution in [1.29, 1.82) is 5.26 Å². The van der Waals surface area contributed by atoms with Crippen molar-refractivity contribution < 1.29 is 19.0 Å². The molecule has 0 spiro atoms. The first-order chi connectivity index (χ1) is 10.0. The highest BCUT2D eigenvalue weighted by molar-refractivity contribution is 5.94. The van der Waals surface area contributed by atoms with Crippen molar-refractivity contribution >= 4 is 11.7 Å². The Hall–Kier alpha value is -3.07. The molecule has 0 atom stereocenters. The quantitative estimate of drug-likeness (QED) is 0.842. The topological polar surface area (TPSA) is 96.3 Å². The van der Waals surface area contributed by atoms with Gasteiger partial charge in [-0.25, -0.2) is 9.18 Å². The highest BCUT2D eigenvalue weighted by atomic mass is 19.1. The van der Waals surface area contributed by atoms with Crippen LogP contribution in [0, 0.1) is 17.1 Å². The molecule has 0 radical (unpaired) electrons. The van der Waals surface area contributed by atoms with Gasteiger partial charge in [0.2, 0.25) is 0 Å². The third-order valence-electron chi connectivity index (χ3n) is 2.85. The zero-order chi connectivity index (χ0) is 15.4. The molecule has 21 heavy (non-hydrogen) atoms. The fourth-order valence-corrected chi connectivity index (χ4v) is 1.75. The summed E-state index contributed by atoms with van der Waals surface area (Å²) in [7, 11) is 0. The average Bonchev–Trinajstić information content (AvgIpc) is 2.47. The average molecular weight is 286 g/mol. The molecule has 0 amide bonds. The molecule has 0 heterocycles. The first-order valence-electron chi connectivity index (χ1n) is 5.96. The number of aromatic carboxylic acids is 1. The maximum atomic E-state index is 13.8. The second-order valence-corrected chi connectivity index (χ2v) is 4.23. The maximum Gasteiger partial charge on any atom is 0.337 e. The predicted octanol–water partition coefficient (Wildman–Crippen LogP) is 2.56. The number of anilines is 1. The number of ether oxygens (including phenoxy) is 1. The Kier molecular flexibility index (Phi) is 4.05. The summed E-state index contributed by atoms with van der Waals surface area (Å²) in [5, 5.41) is 17.7. The van der Waals surface area contributed by atoms with Gasteiger partial charge >= 0.3 is 5.97 Å². The van der Waals surface area contributed by atoms with Crippen molar-refractivity contribution in [3.63, 3.8) is 0 Å². The van der Waals surface area contributed by atoms with Crippen LogP contribution in [-0.2, 0) is 6.61 Å². The summed E-state index contributed by atoms with van der Waals surface area (Å²) >= 11 is 0. The molecule has 3 N–H and O–H groups in total. The molecule has 0 fully saturated rings. The lowest BCUT2D eigenvalue weighted by Gasteiger charge is -2.09. The Balaban J connectivity index is 2.20. The number of hydrogen-bond acceptors (Lipinski definition) is 4. The van der Waals surface area contributed by atoms with Crippen LogP contribution in [0.3, 0.4) is 0 Å². The summed E-state index contributed by atoms with van der Waals surface area (Å²) in [5.74, 6) is -1.56. The Bertz CT molecular complexity index is 738. The predicted molar refractivity (Wildman–Crippen MR) is 73.3 cm³/mol. The van der Waals surface area contributed by atoms with E-state index in [-0.39, 0.29) is 34.7 Å². The molecule has 2 aromatic rings. The van der Waals surface area contributed by atoms with Gasteiger partial charge in [-0.15, -0.1) is 0 Å². The van der Waals surface area contributed by atoms with Crippen LogP contribution >= 0.6 is 0 Å². The fraction of sp³-hybridized carbons (Fsp3) is 0.0667. The van der Waals surface area contributed by atoms with Crippen LogP contribution < -0.4 is 10.5 Å². The second-order valence-electron chi connectivity index (χ2n) is 4.23. The summed E-state index contributed by atoms with van der Waals surface area (Å²) in [4.78, 5) is 11.0. The van der Waals surface area contributed by atoms with E-state index in [1.807, 2.05) is 0 Å². The van der Waals surface area contributed by atoms with E-state index >= 15 is 0 Å². The third kappa shape index (κ3) is 3.09. The van der Waals surface area contributed by atoms with E-state index in [1.165, 1.54) is 30.3 Å². The lowest BCUT2D eigenvalue weighted by atomic mass is 10.1. The minimum Gasteiger partial charge on any atom is -0.489 e. The Morgan fingerprint density at radius 1 is 1.38 bits per heavy atom. The molecule has 106 valence electrons. The van der Waals surface area contributed by atoms with Crippen LogP contribution in [-0.4, -0.2) is 11.1 Å². The molecule has 0 aliphatic carbocycles. The van der Waals surface area contributed by atoms with Gasteiger partial charge in [-0.1, -0.05) is 12.1 Å². The maximum absolute atomic E-state index is 13.8. The molecule has 0 saturated heterocycles. The number of carboxylic acid groups (broad SMARTS) is 1. The fourth-order valence-electron chi connectivity index (χ4n) is 1.75. The number of carboxylic acids is 1. The smallest absolute Gasteiger partial charge is 0.337 e. The van der Waals surface area contributed by atoms with E-state index < -0.39 is 11.8 Å². The summed E-state index contributed by atoms with van der Waals surface area (Å²) in [6, 6.07) is 10.3. The van der Waals surface area contributed by atoms with Gasteiger partial charge < -0.3 is 15.6 Å². The van der Waals surface area contributed by atoms with Gasteiger partial charge in [-0.3, -0.25) is 0 Å². The standard InChI is InChI=1S/C15H11FN2O3/c16-14-9(7-17)2-1-3-10(14)8-21-11-4-5-13(18)12(6-11)15(19)20/h1-6H,8,18H2,(H,19,20). The second kappa shape index (κ2) is 5.92. The van der Waals surface area contributed by atoms with Crippen molar-refractivity contribution in [3.8, 4) is 11.8 Å². The molecular weight excluding hydrogens is 275 g/mol. The van der Waals surface area contributed by atoms with Crippen molar-refractivity contribution in [2.75, 3.05) is 5.73 Å². The summed E-state index contributed by atoms with van der Waals surface area (Å²) in [6.45, 7) is -0.121. The largest absolute Gasteiger partial charge is 0.489 e. The number of rotatable bonds is 4. The number of nitrogens with zero attached hydrogens (tertiary/aromatic N) is 1. The first kappa shape index (κ1) is 14.3. The van der Waals surface area contributed by atoms with Gasteiger partial charge in [0.05, 0.1) is 11.1 Å². The van der Waals surface area contributed by atoms with Gasteiger partial charge in [0.1, 0.15) is 24.2 Å². The molecule has 2 rings (SSSR count). The minimum atomic E-state index is -1.17. The molecule has 0 aromatic heterocycles. The third-order valence-corrected chi connectivity index (χ3v) is 2.85. The summed E-state index contributed by atoms with van der Waals surface area (Å²) in [5.41, 5.74) is 5.70. The normalized spacial score (nSPS) is 9.90. The Morgan fingerprint density at radius 3 is 2.81 bits per heavy atom. The first-order valence-corrected chi connectivity index (χ1v) is 5.96. The highest BCUT2D eigenvalue weighted by Gasteiger charge is 2.11. The van der Waals surface area contributed by atoms with Crippen LogP contribution in [0.2, 0.25) is 0 Å². The number of halogens is 1. The Labute approximate surface area is 120 Å². The molecule has 5 nitrogen and oxygen atoms in total. The summed E-state index contributed by atoms with van der Waals surface area (Å²) in [6.07, 6.45) is 0. The van der Waals surface area contributed by atoms with E-state index in [4.69, 9.17) is 20.8 Å². The number of carbonyl (C=O) groups is 1. The van der Waals surface area contributed by atoms with Crippen molar-refractivity contribution in [2.45, 2.75) is 6.61 Å². The van der Waals surface area contributed by atoms with Crippen LogP contribution in [0.15, 0.2) is 36.4 Å². The molecule has 0 bridgehead atoms. The molecular formula is C15H11FN2O3. The lowest BCUT2D eigenvalue weighted by Crippen LogP contribution is -2.04. The Morgan fingerprint density at radius 2 is 2.14 bits per heavy atom. The van der Waals surface area contributed by atoms with Crippen LogP contribution in [0.1, 0.15) is 21.5 Å². The minimum absolute atomic E-state index is 0.0698. The van der Waals surface area contributed by atoms with Gasteiger partial charge in [-0.2, -0.15) is 5.26 Å². The van der Waals surface area contributed by atoms with E-state index in [1.54, 1.807) is 12.1 Å². The van der Waals surface area contributed by atoms with Gasteiger partial charge in [-0.05, 0) is 24.3 Å². The van der Waals surface area contributed by atoms with Crippen LogP contribution in [0.4, 0.5) is 10.1 Å². The molecule has 0 aliphatic heterocycles. The molecule has 6 heteroatoms. The van der Waals surface area contributed by atoms with E-state index in [0.29, 0.717) is 0 Å². The SMILES string of the molecule is N#Cc1cccc(COc2ccc(N)c(C(=O)O)c2)c1F. The van der Waals surface area contributed by atoms with Crippen LogP contribution in [0.25, 0.3) is 0 Å². The van der Waals surface area contributed by atoms with Crippen molar-refractivity contribution in [2.24, 2.45) is 0 Å². The summed E-state index contributed by atoms with van der Waals surface area (Å²) < 4.78 is 19.2. The van der Waals surface area contributed by atoms with Gasteiger partial charge in [0, 0.05) is 11.3 Å². The van der Waals surface area contributed by atoms with Crippen molar-refractivity contribution in [1.82, 2.24) is 0 Å². The monoisotopic (exact) mass is 286 g/mol. The van der Waals surface area contributed by atoms with E-state index in [2.05, 4.69) is 0 Å². The van der Waals surface area contributed by atoms with Crippen LogP contribution in [0.5, 0.6) is 5.75 Å².